The monoisotopic (exact) mass is 527 g/mol. The summed E-state index contributed by atoms with van der Waals surface area (Å²) in [5.74, 6) is -0.216. The predicted octanol–water partition coefficient (Wildman–Crippen LogP) is 3.66. The van der Waals surface area contributed by atoms with Gasteiger partial charge in [0.25, 0.3) is 0 Å². The lowest BCUT2D eigenvalue weighted by Crippen LogP contribution is -2.52. The molecule has 0 aliphatic carbocycles. The van der Waals surface area contributed by atoms with Gasteiger partial charge in [-0.05, 0) is 35.4 Å². The highest BCUT2D eigenvalue weighted by Gasteiger charge is 2.28. The second kappa shape index (κ2) is 10.6. The normalized spacial score (nSPS) is 15.0. The Morgan fingerprint density at radius 3 is 1.85 bits per heavy atom. The summed E-state index contributed by atoms with van der Waals surface area (Å²) in [4.78, 5) is 17.0. The van der Waals surface area contributed by atoms with Crippen LogP contribution in [0.15, 0.2) is 94.3 Å². The van der Waals surface area contributed by atoms with E-state index in [2.05, 4.69) is 49.8 Å². The number of hydrogen-bond donors (Lipinski definition) is 1. The van der Waals surface area contributed by atoms with Crippen LogP contribution in [-0.4, -0.2) is 56.8 Å². The van der Waals surface area contributed by atoms with E-state index in [1.165, 1.54) is 23.3 Å². The maximum absolute atomic E-state index is 12.7. The number of nitrogens with zero attached hydrogens (tertiary/aromatic N) is 2. The fraction of sp³-hybridized carbons (Fsp3) is 0.240. The van der Waals surface area contributed by atoms with Gasteiger partial charge in [-0.3, -0.25) is 9.69 Å². The third-order valence-corrected chi connectivity index (χ3v) is 7.75. The highest BCUT2D eigenvalue weighted by molar-refractivity contribution is 9.10. The van der Waals surface area contributed by atoms with Crippen molar-refractivity contribution in [2.45, 2.75) is 10.9 Å². The van der Waals surface area contributed by atoms with Crippen LogP contribution in [0.2, 0.25) is 0 Å². The van der Waals surface area contributed by atoms with Crippen LogP contribution >= 0.6 is 15.9 Å². The van der Waals surface area contributed by atoms with Crippen molar-refractivity contribution < 1.29 is 13.2 Å². The molecule has 0 spiro atoms. The number of sulfonamides is 1. The molecule has 3 aromatic carbocycles. The van der Waals surface area contributed by atoms with Gasteiger partial charge in [0, 0.05) is 30.7 Å². The van der Waals surface area contributed by atoms with Gasteiger partial charge in [0.15, 0.2) is 0 Å². The van der Waals surface area contributed by atoms with Crippen molar-refractivity contribution in [3.63, 3.8) is 0 Å². The van der Waals surface area contributed by atoms with E-state index in [4.69, 9.17) is 0 Å². The van der Waals surface area contributed by atoms with Crippen molar-refractivity contribution in [3.8, 4) is 0 Å². The summed E-state index contributed by atoms with van der Waals surface area (Å²) < 4.78 is 28.2. The molecule has 0 bridgehead atoms. The highest BCUT2D eigenvalue weighted by atomic mass is 79.9. The molecule has 33 heavy (non-hydrogen) atoms. The van der Waals surface area contributed by atoms with Crippen LogP contribution in [0.3, 0.4) is 0 Å². The molecule has 1 amide bonds. The summed E-state index contributed by atoms with van der Waals surface area (Å²) in [7, 11) is -3.74. The topological polar surface area (TPSA) is 69.7 Å². The summed E-state index contributed by atoms with van der Waals surface area (Å²) in [5, 5.41) is 0. The van der Waals surface area contributed by atoms with E-state index < -0.39 is 10.0 Å². The van der Waals surface area contributed by atoms with Gasteiger partial charge in [0.1, 0.15) is 0 Å². The molecule has 1 aliphatic heterocycles. The quantitative estimate of drug-likeness (QED) is 0.509. The molecule has 172 valence electrons. The molecule has 0 saturated carbocycles. The molecular formula is C25H26BrN3O3S. The predicted molar refractivity (Wildman–Crippen MR) is 132 cm³/mol. The van der Waals surface area contributed by atoms with E-state index in [9.17, 15) is 13.2 Å². The van der Waals surface area contributed by atoms with Crippen LogP contribution in [0.25, 0.3) is 0 Å². The number of carbonyl (C=O) groups is 1. The fourth-order valence-corrected chi connectivity index (χ4v) is 5.32. The molecule has 0 atom stereocenters. The summed E-state index contributed by atoms with van der Waals surface area (Å²) >= 11 is 3.29. The molecule has 4 rings (SSSR count). The lowest BCUT2D eigenvalue weighted by atomic mass is 9.96. The second-order valence-corrected chi connectivity index (χ2v) is 10.6. The van der Waals surface area contributed by atoms with Crippen molar-refractivity contribution in [1.82, 2.24) is 14.5 Å². The van der Waals surface area contributed by atoms with Crippen LogP contribution < -0.4 is 4.72 Å². The first kappa shape index (κ1) is 23.6. The minimum Gasteiger partial charge on any atom is -0.339 e. The van der Waals surface area contributed by atoms with Crippen LogP contribution in [0.5, 0.6) is 0 Å². The molecule has 0 radical (unpaired) electrons. The third kappa shape index (κ3) is 5.89. The van der Waals surface area contributed by atoms with Gasteiger partial charge in [-0.1, -0.05) is 76.6 Å². The van der Waals surface area contributed by atoms with E-state index in [0.29, 0.717) is 26.2 Å². The third-order valence-electron chi connectivity index (χ3n) is 5.80. The number of carbonyl (C=O) groups excluding carboxylic acids is 1. The number of amides is 1. The Balaban J connectivity index is 1.38. The van der Waals surface area contributed by atoms with E-state index >= 15 is 0 Å². The number of benzene rings is 3. The van der Waals surface area contributed by atoms with Gasteiger partial charge in [0.05, 0.1) is 17.5 Å². The molecule has 8 heteroatoms. The number of piperazine rings is 1. The van der Waals surface area contributed by atoms with Crippen molar-refractivity contribution >= 4 is 31.9 Å². The van der Waals surface area contributed by atoms with Gasteiger partial charge >= 0.3 is 0 Å². The lowest BCUT2D eigenvalue weighted by molar-refractivity contribution is -0.131. The van der Waals surface area contributed by atoms with Gasteiger partial charge in [-0.2, -0.15) is 0 Å². The lowest BCUT2D eigenvalue weighted by Gasteiger charge is -2.39. The molecular weight excluding hydrogens is 502 g/mol. The van der Waals surface area contributed by atoms with Gasteiger partial charge in [-0.25, -0.2) is 13.1 Å². The molecule has 1 saturated heterocycles. The fourth-order valence-electron chi connectivity index (χ4n) is 4.08. The summed E-state index contributed by atoms with van der Waals surface area (Å²) in [6.45, 7) is 2.27. The summed E-state index contributed by atoms with van der Waals surface area (Å²) in [6.07, 6.45) is 0. The average Bonchev–Trinajstić information content (AvgIpc) is 2.85. The van der Waals surface area contributed by atoms with Crippen molar-refractivity contribution in [2.24, 2.45) is 0 Å². The summed E-state index contributed by atoms with van der Waals surface area (Å²) in [5.41, 5.74) is 2.43. The van der Waals surface area contributed by atoms with E-state index in [1.807, 2.05) is 36.4 Å². The Morgan fingerprint density at radius 2 is 1.33 bits per heavy atom. The number of halogens is 1. The molecule has 1 heterocycles. The Bertz CT molecular complexity index is 1130. The van der Waals surface area contributed by atoms with E-state index in [0.717, 1.165) is 4.47 Å². The Labute approximate surface area is 203 Å². The van der Waals surface area contributed by atoms with Crippen LogP contribution in [0.1, 0.15) is 17.2 Å². The minimum absolute atomic E-state index is 0.112. The van der Waals surface area contributed by atoms with Crippen molar-refractivity contribution in [2.75, 3.05) is 32.7 Å². The van der Waals surface area contributed by atoms with Crippen molar-refractivity contribution in [1.29, 1.82) is 0 Å². The molecule has 6 nitrogen and oxygen atoms in total. The zero-order valence-electron chi connectivity index (χ0n) is 18.1. The van der Waals surface area contributed by atoms with Crippen LogP contribution in [0, 0.1) is 0 Å². The van der Waals surface area contributed by atoms with Gasteiger partial charge in [-0.15, -0.1) is 0 Å². The smallest absolute Gasteiger partial charge is 0.241 e. The first-order chi connectivity index (χ1) is 15.9. The highest BCUT2D eigenvalue weighted by Crippen LogP contribution is 2.29. The largest absolute Gasteiger partial charge is 0.339 e. The van der Waals surface area contributed by atoms with Gasteiger partial charge < -0.3 is 4.90 Å². The second-order valence-electron chi connectivity index (χ2n) is 7.92. The maximum atomic E-state index is 12.7. The first-order valence-corrected chi connectivity index (χ1v) is 13.1. The Hall–Kier alpha value is -2.52. The Kier molecular flexibility index (Phi) is 7.60. The number of nitrogens with one attached hydrogen (secondary N) is 1. The zero-order valence-corrected chi connectivity index (χ0v) is 20.5. The van der Waals surface area contributed by atoms with E-state index in [1.54, 1.807) is 17.0 Å². The molecule has 0 aromatic heterocycles. The average molecular weight is 528 g/mol. The number of hydrogen-bond acceptors (Lipinski definition) is 4. The summed E-state index contributed by atoms with van der Waals surface area (Å²) in [6, 6.07) is 27.2. The molecule has 1 N–H and O–H groups in total. The molecule has 1 fully saturated rings. The van der Waals surface area contributed by atoms with Crippen LogP contribution in [-0.2, 0) is 14.8 Å². The number of rotatable bonds is 7. The molecule has 0 unspecified atom stereocenters. The molecule has 1 aliphatic rings. The zero-order chi connectivity index (χ0) is 23.3. The van der Waals surface area contributed by atoms with Crippen LogP contribution in [0.4, 0.5) is 0 Å². The van der Waals surface area contributed by atoms with Crippen molar-refractivity contribution in [3.05, 3.63) is 101 Å². The SMILES string of the molecule is O=C(CNS(=O)(=O)c1ccc(Br)cc1)N1CCN(C(c2ccccc2)c2ccccc2)CC1. The maximum Gasteiger partial charge on any atom is 0.241 e. The Morgan fingerprint density at radius 1 is 0.818 bits per heavy atom. The molecule has 3 aromatic rings. The van der Waals surface area contributed by atoms with E-state index in [-0.39, 0.29) is 23.4 Å². The standard InChI is InChI=1S/C25H26BrN3O3S/c26-22-11-13-23(14-12-22)33(31,32)27-19-24(30)28-15-17-29(18-16-28)25(20-7-3-1-4-8-20)21-9-5-2-6-10-21/h1-14,25,27H,15-19H2. The van der Waals surface area contributed by atoms with Gasteiger partial charge in [0.2, 0.25) is 15.9 Å². The first-order valence-electron chi connectivity index (χ1n) is 10.8. The minimum atomic E-state index is -3.74.